The molecule has 0 aliphatic rings. The quantitative estimate of drug-likeness (QED) is 0.784. The molecule has 0 aliphatic carbocycles. The lowest BCUT2D eigenvalue weighted by Gasteiger charge is -2.07. The van der Waals surface area contributed by atoms with E-state index < -0.39 is 5.97 Å². The minimum atomic E-state index is -0.522. The molecular formula is C13H10ClNO3S2. The van der Waals surface area contributed by atoms with E-state index in [1.807, 2.05) is 6.07 Å². The highest BCUT2D eigenvalue weighted by Crippen LogP contribution is 2.33. The maximum absolute atomic E-state index is 11.9. The van der Waals surface area contributed by atoms with Crippen molar-refractivity contribution in [3.8, 4) is 0 Å². The first-order valence-corrected chi connectivity index (χ1v) is 7.68. The van der Waals surface area contributed by atoms with Crippen molar-refractivity contribution in [1.82, 2.24) is 4.98 Å². The minimum Gasteiger partial charge on any atom is -0.454 e. The highest BCUT2D eigenvalue weighted by atomic mass is 35.5. The van der Waals surface area contributed by atoms with E-state index in [0.29, 0.717) is 15.6 Å². The van der Waals surface area contributed by atoms with Crippen LogP contribution in [0.3, 0.4) is 0 Å². The van der Waals surface area contributed by atoms with Crippen LogP contribution in [0, 0.1) is 0 Å². The molecule has 0 bridgehead atoms. The fourth-order valence-corrected chi connectivity index (χ4v) is 3.42. The number of nitrogens with zero attached hydrogens (tertiary/aromatic N) is 1. The van der Waals surface area contributed by atoms with Crippen molar-refractivity contribution in [2.24, 2.45) is 0 Å². The van der Waals surface area contributed by atoms with Crippen molar-refractivity contribution < 1.29 is 14.3 Å². The number of hydrogen-bond acceptors (Lipinski definition) is 6. The smallest absolute Gasteiger partial charge is 0.339 e. The Balaban J connectivity index is 2.17. The van der Waals surface area contributed by atoms with Crippen molar-refractivity contribution >= 4 is 46.5 Å². The van der Waals surface area contributed by atoms with Gasteiger partial charge in [0.25, 0.3) is 0 Å². The van der Waals surface area contributed by atoms with Crippen LogP contribution in [0.5, 0.6) is 0 Å². The lowest BCUT2D eigenvalue weighted by Crippen LogP contribution is -2.12. The van der Waals surface area contributed by atoms with Gasteiger partial charge in [-0.25, -0.2) is 9.78 Å². The number of carbonyl (C=O) groups excluding carboxylic acids is 2. The Bertz CT molecular complexity index is 642. The van der Waals surface area contributed by atoms with Gasteiger partial charge in [-0.2, -0.15) is 0 Å². The summed E-state index contributed by atoms with van der Waals surface area (Å²) < 4.78 is 5.67. The Kier molecular flexibility index (Phi) is 5.17. The molecule has 0 atom stereocenters. The number of thiazole rings is 1. The molecule has 2 aromatic rings. The van der Waals surface area contributed by atoms with Crippen LogP contribution in [0.25, 0.3) is 0 Å². The van der Waals surface area contributed by atoms with Gasteiger partial charge in [-0.05, 0) is 19.1 Å². The summed E-state index contributed by atoms with van der Waals surface area (Å²) in [4.78, 5) is 27.6. The third-order valence-corrected chi connectivity index (χ3v) is 4.50. The Morgan fingerprint density at radius 2 is 2.15 bits per heavy atom. The van der Waals surface area contributed by atoms with Crippen molar-refractivity contribution in [1.29, 1.82) is 0 Å². The number of hydrogen-bond donors (Lipinski definition) is 0. The molecule has 0 aliphatic heterocycles. The minimum absolute atomic E-state index is 0.199. The fourth-order valence-electron chi connectivity index (χ4n) is 1.35. The van der Waals surface area contributed by atoms with Gasteiger partial charge in [-0.15, -0.1) is 11.3 Å². The second-order valence-corrected chi connectivity index (χ2v) is 6.35. The molecule has 0 amide bonds. The van der Waals surface area contributed by atoms with Gasteiger partial charge in [0.15, 0.2) is 10.1 Å². The van der Waals surface area contributed by atoms with Crippen LogP contribution in [0.2, 0.25) is 5.15 Å². The summed E-state index contributed by atoms with van der Waals surface area (Å²) in [5.41, 5.74) is 0.407. The molecule has 1 aromatic heterocycles. The van der Waals surface area contributed by atoms with Gasteiger partial charge in [0.05, 0.1) is 5.56 Å². The van der Waals surface area contributed by atoms with Gasteiger partial charge in [0.2, 0.25) is 0 Å². The summed E-state index contributed by atoms with van der Waals surface area (Å²) in [7, 11) is 0. The van der Waals surface area contributed by atoms with Gasteiger partial charge in [0, 0.05) is 10.3 Å². The molecule has 0 saturated carbocycles. The molecule has 1 aromatic carbocycles. The van der Waals surface area contributed by atoms with Gasteiger partial charge in [0.1, 0.15) is 11.8 Å². The van der Waals surface area contributed by atoms with Gasteiger partial charge in [-0.3, -0.25) is 4.79 Å². The van der Waals surface area contributed by atoms with Gasteiger partial charge >= 0.3 is 5.97 Å². The lowest BCUT2D eigenvalue weighted by atomic mass is 10.2. The predicted octanol–water partition coefficient (Wildman–Crippen LogP) is 3.69. The third-order valence-electron chi connectivity index (χ3n) is 2.17. The highest BCUT2D eigenvalue weighted by molar-refractivity contribution is 8.01. The van der Waals surface area contributed by atoms with Crippen LogP contribution >= 0.6 is 34.7 Å². The zero-order valence-electron chi connectivity index (χ0n) is 10.5. The number of halogens is 1. The molecule has 0 fully saturated rings. The second-order valence-electron chi connectivity index (χ2n) is 3.81. The van der Waals surface area contributed by atoms with Gasteiger partial charge < -0.3 is 4.74 Å². The average Bonchev–Trinajstić information content (AvgIpc) is 2.82. The molecule has 7 heteroatoms. The fraction of sp³-hybridized carbons (Fsp3) is 0.154. The molecule has 0 saturated heterocycles. The van der Waals surface area contributed by atoms with Crippen molar-refractivity contribution in [2.45, 2.75) is 16.2 Å². The average molecular weight is 328 g/mol. The van der Waals surface area contributed by atoms with E-state index in [1.54, 1.807) is 23.6 Å². The van der Waals surface area contributed by atoms with Crippen molar-refractivity contribution in [3.63, 3.8) is 0 Å². The number of ketones is 1. The molecule has 4 nitrogen and oxygen atoms in total. The molecule has 1 heterocycles. The monoisotopic (exact) mass is 327 g/mol. The van der Waals surface area contributed by atoms with E-state index in [2.05, 4.69) is 4.98 Å². The molecule has 0 spiro atoms. The number of rotatable bonds is 5. The molecule has 20 heavy (non-hydrogen) atoms. The zero-order valence-corrected chi connectivity index (χ0v) is 12.8. The summed E-state index contributed by atoms with van der Waals surface area (Å²) >= 11 is 8.50. The molecule has 0 unspecified atom stereocenters. The van der Waals surface area contributed by atoms with Crippen LogP contribution < -0.4 is 0 Å². The standard InChI is InChI=1S/C13H10ClNO3S2/c1-8(16)6-18-12(17)9-4-2-3-5-10(9)20-13-15-11(14)7-19-13/h2-5,7H,6H2,1H3. The highest BCUT2D eigenvalue weighted by Gasteiger charge is 2.15. The summed E-state index contributed by atoms with van der Waals surface area (Å²) in [6.07, 6.45) is 0. The van der Waals surface area contributed by atoms with Crippen LogP contribution in [0.4, 0.5) is 0 Å². The Morgan fingerprint density at radius 1 is 1.40 bits per heavy atom. The van der Waals surface area contributed by atoms with Crippen LogP contribution in [0.15, 0.2) is 38.9 Å². The summed E-state index contributed by atoms with van der Waals surface area (Å²) in [5.74, 6) is -0.721. The molecule has 0 N–H and O–H groups in total. The number of benzene rings is 1. The van der Waals surface area contributed by atoms with Crippen molar-refractivity contribution in [2.75, 3.05) is 6.61 Å². The van der Waals surface area contributed by atoms with Crippen LogP contribution in [0.1, 0.15) is 17.3 Å². The predicted molar refractivity (Wildman–Crippen MR) is 78.7 cm³/mol. The van der Waals surface area contributed by atoms with Crippen molar-refractivity contribution in [3.05, 3.63) is 40.4 Å². The third kappa shape index (κ3) is 4.06. The number of ether oxygens (including phenoxy) is 1. The number of aromatic nitrogens is 1. The molecule has 0 radical (unpaired) electrons. The number of carbonyl (C=O) groups is 2. The van der Waals surface area contributed by atoms with E-state index >= 15 is 0 Å². The first-order valence-electron chi connectivity index (χ1n) is 5.60. The lowest BCUT2D eigenvalue weighted by molar-refractivity contribution is -0.120. The largest absolute Gasteiger partial charge is 0.454 e. The molecular weight excluding hydrogens is 318 g/mol. The zero-order chi connectivity index (χ0) is 14.5. The van der Waals surface area contributed by atoms with E-state index in [-0.39, 0.29) is 12.4 Å². The number of esters is 1. The van der Waals surface area contributed by atoms with E-state index in [9.17, 15) is 9.59 Å². The molecule has 2 rings (SSSR count). The summed E-state index contributed by atoms with van der Waals surface area (Å²) in [6.45, 7) is 1.15. The Hall–Kier alpha value is -1.37. The Morgan fingerprint density at radius 3 is 2.80 bits per heavy atom. The van der Waals surface area contributed by atoms with Gasteiger partial charge in [-0.1, -0.05) is 35.5 Å². The normalized spacial score (nSPS) is 10.3. The first-order chi connectivity index (χ1) is 9.56. The summed E-state index contributed by atoms with van der Waals surface area (Å²) in [5, 5.41) is 2.15. The molecule has 104 valence electrons. The number of Topliss-reactive ketones (excluding diaryl/α,β-unsaturated/α-hetero) is 1. The second kappa shape index (κ2) is 6.88. The summed E-state index contributed by atoms with van der Waals surface area (Å²) in [6, 6.07) is 7.01. The Labute approximate surface area is 129 Å². The topological polar surface area (TPSA) is 56.3 Å². The van der Waals surface area contributed by atoms with E-state index in [0.717, 1.165) is 4.34 Å². The van der Waals surface area contributed by atoms with E-state index in [1.165, 1.54) is 30.0 Å². The maximum atomic E-state index is 11.9. The van der Waals surface area contributed by atoms with E-state index in [4.69, 9.17) is 16.3 Å². The SMILES string of the molecule is CC(=O)COC(=O)c1ccccc1Sc1nc(Cl)cs1. The maximum Gasteiger partial charge on any atom is 0.339 e. The van der Waals surface area contributed by atoms with Crippen LogP contribution in [-0.4, -0.2) is 23.3 Å². The first kappa shape index (κ1) is 15.0. The van der Waals surface area contributed by atoms with Crippen LogP contribution in [-0.2, 0) is 9.53 Å².